The third kappa shape index (κ3) is 2.44. The van der Waals surface area contributed by atoms with Gasteiger partial charge in [0.2, 0.25) is 0 Å². The van der Waals surface area contributed by atoms with Gasteiger partial charge in [-0.1, -0.05) is 19.9 Å². The lowest BCUT2D eigenvalue weighted by molar-refractivity contribution is -0.384. The summed E-state index contributed by atoms with van der Waals surface area (Å²) >= 11 is 0. The second-order valence-corrected chi connectivity index (χ2v) is 5.27. The molecule has 20 heavy (non-hydrogen) atoms. The minimum Gasteiger partial charge on any atom is -0.338 e. The van der Waals surface area contributed by atoms with Crippen molar-refractivity contribution >= 4 is 17.3 Å². The number of hydrogen-bond acceptors (Lipinski definition) is 5. The van der Waals surface area contributed by atoms with Crippen molar-refractivity contribution in [3.63, 3.8) is 0 Å². The van der Waals surface area contributed by atoms with Crippen molar-refractivity contribution in [3.8, 4) is 0 Å². The van der Waals surface area contributed by atoms with Crippen LogP contribution in [-0.2, 0) is 0 Å². The number of rotatable bonds is 3. The molecule has 2 atom stereocenters. The van der Waals surface area contributed by atoms with Crippen LogP contribution in [0.3, 0.4) is 0 Å². The van der Waals surface area contributed by atoms with Crippen LogP contribution in [0.5, 0.6) is 0 Å². The highest BCUT2D eigenvalue weighted by atomic mass is 16.6. The number of hydrazine groups is 1. The quantitative estimate of drug-likeness (QED) is 0.497. The summed E-state index contributed by atoms with van der Waals surface area (Å²) in [6.07, 6.45) is 0. The van der Waals surface area contributed by atoms with E-state index in [0.717, 1.165) is 0 Å². The molecule has 3 N–H and O–H groups in total. The van der Waals surface area contributed by atoms with Crippen LogP contribution in [0.1, 0.15) is 24.2 Å². The van der Waals surface area contributed by atoms with Crippen LogP contribution in [0, 0.1) is 22.0 Å². The number of anilines is 1. The Hall–Kier alpha value is -2.15. The molecular formula is C13H18N4O3. The number of carbonyl (C=O) groups is 1. The summed E-state index contributed by atoms with van der Waals surface area (Å²) in [7, 11) is 0. The van der Waals surface area contributed by atoms with Crippen molar-refractivity contribution in [2.24, 2.45) is 17.7 Å². The number of nitro benzene ring substituents is 1. The van der Waals surface area contributed by atoms with Crippen LogP contribution >= 0.6 is 0 Å². The van der Waals surface area contributed by atoms with Gasteiger partial charge in [-0.15, -0.1) is 0 Å². The second kappa shape index (κ2) is 5.46. The molecule has 2 rings (SSSR count). The van der Waals surface area contributed by atoms with Crippen molar-refractivity contribution in [2.75, 3.05) is 18.5 Å². The summed E-state index contributed by atoms with van der Waals surface area (Å²) in [6.45, 7) is 5.39. The fourth-order valence-corrected chi connectivity index (χ4v) is 2.50. The molecule has 7 heteroatoms. The lowest BCUT2D eigenvalue weighted by Crippen LogP contribution is -2.29. The number of benzene rings is 1. The van der Waals surface area contributed by atoms with Gasteiger partial charge in [-0.25, -0.2) is 0 Å². The van der Waals surface area contributed by atoms with E-state index in [0.29, 0.717) is 24.9 Å². The monoisotopic (exact) mass is 278 g/mol. The van der Waals surface area contributed by atoms with Gasteiger partial charge in [0, 0.05) is 13.1 Å². The van der Waals surface area contributed by atoms with E-state index < -0.39 is 4.92 Å². The second-order valence-electron chi connectivity index (χ2n) is 5.27. The number of nitro groups is 1. The highest BCUT2D eigenvalue weighted by Crippen LogP contribution is 2.31. The van der Waals surface area contributed by atoms with E-state index in [2.05, 4.69) is 19.3 Å². The first kappa shape index (κ1) is 14.3. The largest absolute Gasteiger partial charge is 0.338 e. The molecule has 108 valence electrons. The van der Waals surface area contributed by atoms with Crippen molar-refractivity contribution in [1.29, 1.82) is 0 Å². The molecule has 1 aliphatic rings. The molecule has 1 fully saturated rings. The summed E-state index contributed by atoms with van der Waals surface area (Å²) in [5.41, 5.74) is 2.21. The SMILES string of the molecule is CC1CN(C(=O)c2cccc(NN)c2[N+](=O)[O-])CC1C. The normalized spacial score (nSPS) is 21.9. The predicted molar refractivity (Wildman–Crippen MR) is 75.1 cm³/mol. The Morgan fingerprint density at radius 2 is 2.00 bits per heavy atom. The first-order chi connectivity index (χ1) is 9.45. The summed E-state index contributed by atoms with van der Waals surface area (Å²) in [5.74, 6) is 5.75. The van der Waals surface area contributed by atoms with Crippen LogP contribution in [0.15, 0.2) is 18.2 Å². The lowest BCUT2D eigenvalue weighted by atomic mass is 10.0. The predicted octanol–water partition coefficient (Wildman–Crippen LogP) is 1.61. The van der Waals surface area contributed by atoms with Crippen LogP contribution < -0.4 is 11.3 Å². The zero-order valence-corrected chi connectivity index (χ0v) is 11.5. The Morgan fingerprint density at radius 1 is 1.40 bits per heavy atom. The van der Waals surface area contributed by atoms with Gasteiger partial charge in [0.1, 0.15) is 11.3 Å². The molecule has 0 aromatic heterocycles. The number of hydrogen-bond donors (Lipinski definition) is 2. The smallest absolute Gasteiger partial charge is 0.306 e. The number of nitrogens with zero attached hydrogens (tertiary/aromatic N) is 2. The van der Waals surface area contributed by atoms with Crippen LogP contribution in [-0.4, -0.2) is 28.8 Å². The standard InChI is InChI=1S/C13H18N4O3/c1-8-6-16(7-9(8)2)13(18)10-4-3-5-11(15-14)12(10)17(19)20/h3-5,8-9,15H,6-7,14H2,1-2H3. The molecule has 1 aromatic carbocycles. The third-order valence-electron chi connectivity index (χ3n) is 3.88. The summed E-state index contributed by atoms with van der Waals surface area (Å²) < 4.78 is 0. The van der Waals surface area contributed by atoms with Gasteiger partial charge in [0.25, 0.3) is 5.91 Å². The highest BCUT2D eigenvalue weighted by Gasteiger charge is 2.33. The Morgan fingerprint density at radius 3 is 2.50 bits per heavy atom. The summed E-state index contributed by atoms with van der Waals surface area (Å²) in [4.78, 5) is 24.8. The average molecular weight is 278 g/mol. The van der Waals surface area contributed by atoms with Crippen LogP contribution in [0.4, 0.5) is 11.4 Å². The molecule has 1 heterocycles. The number of amides is 1. The minimum absolute atomic E-state index is 0.0757. The third-order valence-corrected chi connectivity index (χ3v) is 3.88. The maximum atomic E-state index is 12.5. The van der Waals surface area contributed by atoms with Crippen molar-refractivity contribution < 1.29 is 9.72 Å². The summed E-state index contributed by atoms with van der Waals surface area (Å²) in [6, 6.07) is 4.53. The molecule has 1 amide bonds. The van der Waals surface area contributed by atoms with Crippen molar-refractivity contribution in [2.45, 2.75) is 13.8 Å². The van der Waals surface area contributed by atoms with E-state index >= 15 is 0 Å². The molecule has 1 saturated heterocycles. The number of likely N-dealkylation sites (tertiary alicyclic amines) is 1. The molecule has 7 nitrogen and oxygen atoms in total. The Labute approximate surface area is 116 Å². The highest BCUT2D eigenvalue weighted by molar-refractivity contribution is 6.00. The first-order valence-corrected chi connectivity index (χ1v) is 6.49. The van der Waals surface area contributed by atoms with Crippen LogP contribution in [0.25, 0.3) is 0 Å². The van der Waals surface area contributed by atoms with Crippen LogP contribution in [0.2, 0.25) is 0 Å². The van der Waals surface area contributed by atoms with Crippen molar-refractivity contribution in [1.82, 2.24) is 4.90 Å². The lowest BCUT2D eigenvalue weighted by Gasteiger charge is -2.16. The van der Waals surface area contributed by atoms with E-state index in [1.807, 2.05) is 0 Å². The molecule has 2 unspecified atom stereocenters. The van der Waals surface area contributed by atoms with Gasteiger partial charge in [-0.3, -0.25) is 20.8 Å². The Kier molecular flexibility index (Phi) is 3.89. The van der Waals surface area contributed by atoms with E-state index in [1.54, 1.807) is 11.0 Å². The zero-order valence-electron chi connectivity index (χ0n) is 11.5. The Balaban J connectivity index is 2.38. The number of nitrogens with two attached hydrogens (primary N) is 1. The summed E-state index contributed by atoms with van der Waals surface area (Å²) in [5, 5.41) is 11.2. The topological polar surface area (TPSA) is 102 Å². The molecule has 0 radical (unpaired) electrons. The van der Waals surface area contributed by atoms with Gasteiger partial charge in [-0.2, -0.15) is 0 Å². The van der Waals surface area contributed by atoms with E-state index in [-0.39, 0.29) is 22.8 Å². The molecule has 0 bridgehead atoms. The molecule has 1 aromatic rings. The average Bonchev–Trinajstić information content (AvgIpc) is 2.76. The fraction of sp³-hybridized carbons (Fsp3) is 0.462. The van der Waals surface area contributed by atoms with Gasteiger partial charge in [0.05, 0.1) is 4.92 Å². The number of para-hydroxylation sites is 1. The van der Waals surface area contributed by atoms with E-state index in [1.165, 1.54) is 12.1 Å². The number of nitrogen functional groups attached to an aromatic ring is 1. The number of carbonyl (C=O) groups excluding carboxylic acids is 1. The van der Waals surface area contributed by atoms with E-state index in [4.69, 9.17) is 5.84 Å². The maximum absolute atomic E-state index is 12.5. The van der Waals surface area contributed by atoms with E-state index in [9.17, 15) is 14.9 Å². The minimum atomic E-state index is -0.578. The molecule has 0 aliphatic carbocycles. The Bertz CT molecular complexity index is 536. The van der Waals surface area contributed by atoms with Crippen molar-refractivity contribution in [3.05, 3.63) is 33.9 Å². The van der Waals surface area contributed by atoms with Gasteiger partial charge in [-0.05, 0) is 24.0 Å². The molecule has 1 aliphatic heterocycles. The van der Waals surface area contributed by atoms with Gasteiger partial charge in [0.15, 0.2) is 0 Å². The van der Waals surface area contributed by atoms with Gasteiger partial charge < -0.3 is 10.3 Å². The molecule has 0 saturated carbocycles. The molecule has 0 spiro atoms. The maximum Gasteiger partial charge on any atom is 0.306 e. The van der Waals surface area contributed by atoms with Gasteiger partial charge >= 0.3 is 5.69 Å². The zero-order chi connectivity index (χ0) is 14.9. The first-order valence-electron chi connectivity index (χ1n) is 6.49. The molecular weight excluding hydrogens is 260 g/mol. The fourth-order valence-electron chi connectivity index (χ4n) is 2.50. The number of nitrogens with one attached hydrogen (secondary N) is 1.